The minimum atomic E-state index is -0.173. The highest BCUT2D eigenvalue weighted by Crippen LogP contribution is 2.09. The number of nitrogens with zero attached hydrogens (tertiary/aromatic N) is 1. The van der Waals surface area contributed by atoms with Crippen molar-refractivity contribution in [2.75, 3.05) is 18.9 Å². The van der Waals surface area contributed by atoms with Crippen LogP contribution in [0.1, 0.15) is 16.7 Å². The Balaban J connectivity index is 1.81. The second-order valence-corrected chi connectivity index (χ2v) is 5.54. The predicted molar refractivity (Wildman–Crippen MR) is 102 cm³/mol. The number of carbonyl (C=O) groups excluding carboxylic acids is 1. The average Bonchev–Trinajstić information content (AvgIpc) is 2.62. The van der Waals surface area contributed by atoms with Crippen molar-refractivity contribution in [1.82, 2.24) is 10.6 Å². The monoisotopic (exact) mass is 334 g/mol. The van der Waals surface area contributed by atoms with Crippen molar-refractivity contribution >= 4 is 17.6 Å². The lowest BCUT2D eigenvalue weighted by Gasteiger charge is -2.12. The van der Waals surface area contributed by atoms with Gasteiger partial charge in [-0.1, -0.05) is 41.8 Å². The highest BCUT2D eigenvalue weighted by atomic mass is 16.1. The lowest BCUT2D eigenvalue weighted by atomic mass is 10.1. The normalized spacial score (nSPS) is 10.7. The maximum Gasteiger partial charge on any atom is 0.243 e. The summed E-state index contributed by atoms with van der Waals surface area (Å²) in [6.07, 6.45) is 5.36. The molecule has 0 fully saturated rings. The first-order chi connectivity index (χ1) is 12.1. The second kappa shape index (κ2) is 9.14. The van der Waals surface area contributed by atoms with Crippen LogP contribution in [0.15, 0.2) is 53.5 Å². The van der Waals surface area contributed by atoms with E-state index in [4.69, 9.17) is 6.42 Å². The lowest BCUT2D eigenvalue weighted by Crippen LogP contribution is -2.41. The van der Waals surface area contributed by atoms with Crippen LogP contribution in [0.2, 0.25) is 0 Å². The molecule has 0 heterocycles. The van der Waals surface area contributed by atoms with Gasteiger partial charge in [0.25, 0.3) is 0 Å². The number of anilines is 1. The first kappa shape index (κ1) is 18.1. The summed E-state index contributed by atoms with van der Waals surface area (Å²) in [5.41, 5.74) is 3.75. The number of rotatable bonds is 5. The van der Waals surface area contributed by atoms with Crippen LogP contribution < -0.4 is 16.0 Å². The Kier molecular flexibility index (Phi) is 6.61. The Morgan fingerprint density at radius 1 is 1.16 bits per heavy atom. The van der Waals surface area contributed by atoms with Crippen molar-refractivity contribution in [3.05, 3.63) is 65.2 Å². The number of nitrogens with one attached hydrogen (secondary N) is 3. The predicted octanol–water partition coefficient (Wildman–Crippen LogP) is 2.28. The van der Waals surface area contributed by atoms with Gasteiger partial charge < -0.3 is 16.0 Å². The third-order valence-corrected chi connectivity index (χ3v) is 3.50. The molecule has 2 rings (SSSR count). The van der Waals surface area contributed by atoms with Gasteiger partial charge in [-0.05, 0) is 30.7 Å². The molecule has 5 heteroatoms. The second-order valence-electron chi connectivity index (χ2n) is 5.54. The molecule has 0 aromatic heterocycles. The fourth-order valence-electron chi connectivity index (χ4n) is 2.28. The third-order valence-electron chi connectivity index (χ3n) is 3.50. The molecule has 0 saturated carbocycles. The molecule has 0 radical (unpaired) electrons. The third kappa shape index (κ3) is 6.04. The molecule has 5 nitrogen and oxygen atoms in total. The largest absolute Gasteiger partial charge is 0.352 e. The van der Waals surface area contributed by atoms with Gasteiger partial charge in [0.15, 0.2) is 5.96 Å². The van der Waals surface area contributed by atoms with Crippen LogP contribution in [0.4, 0.5) is 5.69 Å². The van der Waals surface area contributed by atoms with E-state index in [1.165, 1.54) is 5.56 Å². The molecule has 1 amide bonds. The van der Waals surface area contributed by atoms with Gasteiger partial charge in [-0.2, -0.15) is 0 Å². The number of aliphatic imine (C=N–C) groups is 1. The van der Waals surface area contributed by atoms with E-state index in [0.717, 1.165) is 11.1 Å². The van der Waals surface area contributed by atoms with Crippen LogP contribution in [0.3, 0.4) is 0 Å². The van der Waals surface area contributed by atoms with Crippen molar-refractivity contribution in [2.45, 2.75) is 13.5 Å². The van der Waals surface area contributed by atoms with Crippen LogP contribution in [-0.4, -0.2) is 25.5 Å². The Morgan fingerprint density at radius 3 is 2.68 bits per heavy atom. The summed E-state index contributed by atoms with van der Waals surface area (Å²) >= 11 is 0. The molecule has 25 heavy (non-hydrogen) atoms. The highest BCUT2D eigenvalue weighted by molar-refractivity contribution is 5.95. The zero-order valence-corrected chi connectivity index (χ0v) is 14.5. The number of guanidine groups is 1. The summed E-state index contributed by atoms with van der Waals surface area (Å²) in [5, 5.41) is 8.97. The molecular weight excluding hydrogens is 312 g/mol. The Hall–Kier alpha value is -3.26. The summed E-state index contributed by atoms with van der Waals surface area (Å²) in [6.45, 7) is 2.79. The Bertz CT molecular complexity index is 805. The van der Waals surface area contributed by atoms with Gasteiger partial charge >= 0.3 is 0 Å². The molecule has 0 saturated heterocycles. The van der Waals surface area contributed by atoms with E-state index in [1.54, 1.807) is 25.2 Å². The fraction of sp³-hybridized carbons (Fsp3) is 0.200. The van der Waals surface area contributed by atoms with Crippen molar-refractivity contribution in [2.24, 2.45) is 4.99 Å². The maximum atomic E-state index is 12.0. The standard InChI is InChI=1S/C20H22N4O/c1-4-16-8-6-10-18(12-16)24-19(25)14-23-20(21-3)22-13-17-9-5-7-15(2)11-17/h1,5-12H,13-14H2,2-3H3,(H,24,25)(H2,21,22,23). The van der Waals surface area contributed by atoms with Crippen molar-refractivity contribution < 1.29 is 4.79 Å². The fourth-order valence-corrected chi connectivity index (χ4v) is 2.28. The molecule has 0 bridgehead atoms. The number of aryl methyl sites for hydroxylation is 1. The summed E-state index contributed by atoms with van der Waals surface area (Å²) in [5.74, 6) is 2.93. The number of benzene rings is 2. The molecule has 0 unspecified atom stereocenters. The van der Waals surface area contributed by atoms with Crippen molar-refractivity contribution in [3.8, 4) is 12.3 Å². The van der Waals surface area contributed by atoms with Crippen molar-refractivity contribution in [3.63, 3.8) is 0 Å². The molecule has 0 spiro atoms. The molecule has 2 aromatic rings. The molecule has 0 atom stereocenters. The van der Waals surface area contributed by atoms with Crippen LogP contribution in [0.5, 0.6) is 0 Å². The number of terminal acetylenes is 1. The first-order valence-electron chi connectivity index (χ1n) is 7.97. The lowest BCUT2D eigenvalue weighted by molar-refractivity contribution is -0.115. The van der Waals surface area contributed by atoms with E-state index in [9.17, 15) is 4.79 Å². The van der Waals surface area contributed by atoms with Gasteiger partial charge in [-0.25, -0.2) is 0 Å². The summed E-state index contributed by atoms with van der Waals surface area (Å²) < 4.78 is 0. The zero-order valence-electron chi connectivity index (χ0n) is 14.5. The average molecular weight is 334 g/mol. The molecule has 128 valence electrons. The zero-order chi connectivity index (χ0) is 18.1. The summed E-state index contributed by atoms with van der Waals surface area (Å²) in [4.78, 5) is 16.2. The smallest absolute Gasteiger partial charge is 0.243 e. The summed E-state index contributed by atoms with van der Waals surface area (Å²) in [7, 11) is 1.67. The van der Waals surface area contributed by atoms with E-state index >= 15 is 0 Å². The van der Waals surface area contributed by atoms with E-state index in [1.807, 2.05) is 18.2 Å². The van der Waals surface area contributed by atoms with Crippen molar-refractivity contribution in [1.29, 1.82) is 0 Å². The minimum Gasteiger partial charge on any atom is -0.352 e. The van der Waals surface area contributed by atoms with Gasteiger partial charge in [0.2, 0.25) is 5.91 Å². The van der Waals surface area contributed by atoms with E-state index < -0.39 is 0 Å². The number of carbonyl (C=O) groups is 1. The number of hydrogen-bond acceptors (Lipinski definition) is 2. The first-order valence-corrected chi connectivity index (χ1v) is 7.97. The van der Waals surface area contributed by atoms with Crippen LogP contribution in [-0.2, 0) is 11.3 Å². The van der Waals surface area contributed by atoms with E-state index in [2.05, 4.69) is 45.9 Å². The van der Waals surface area contributed by atoms with Crippen LogP contribution in [0.25, 0.3) is 0 Å². The topological polar surface area (TPSA) is 65.5 Å². The summed E-state index contributed by atoms with van der Waals surface area (Å²) in [6, 6.07) is 15.4. The van der Waals surface area contributed by atoms with Gasteiger partial charge in [0.05, 0.1) is 6.54 Å². The van der Waals surface area contributed by atoms with Gasteiger partial charge in [0, 0.05) is 24.8 Å². The molecule has 0 aliphatic rings. The molecule has 0 aliphatic heterocycles. The van der Waals surface area contributed by atoms with E-state index in [-0.39, 0.29) is 12.5 Å². The van der Waals surface area contributed by atoms with Gasteiger partial charge in [-0.3, -0.25) is 9.79 Å². The number of amides is 1. The van der Waals surface area contributed by atoms with Crippen LogP contribution in [0, 0.1) is 19.3 Å². The quantitative estimate of drug-likeness (QED) is 0.446. The number of hydrogen-bond donors (Lipinski definition) is 3. The van der Waals surface area contributed by atoms with Gasteiger partial charge in [0.1, 0.15) is 0 Å². The maximum absolute atomic E-state index is 12.0. The highest BCUT2D eigenvalue weighted by Gasteiger charge is 2.05. The van der Waals surface area contributed by atoms with Gasteiger partial charge in [-0.15, -0.1) is 6.42 Å². The SMILES string of the molecule is C#Cc1cccc(NC(=O)CNC(=NC)NCc2cccc(C)c2)c1. The minimum absolute atomic E-state index is 0.105. The Labute approximate surface area is 148 Å². The molecular formula is C20H22N4O. The molecule has 2 aromatic carbocycles. The molecule has 0 aliphatic carbocycles. The van der Waals surface area contributed by atoms with E-state index in [0.29, 0.717) is 18.2 Å². The van der Waals surface area contributed by atoms with Crippen LogP contribution >= 0.6 is 0 Å². The Morgan fingerprint density at radius 2 is 1.96 bits per heavy atom. The molecule has 3 N–H and O–H groups in total.